The van der Waals surface area contributed by atoms with Crippen molar-refractivity contribution in [2.45, 2.75) is 45.6 Å². The monoisotopic (exact) mass is 270 g/mol. The maximum Gasteiger partial charge on any atom is 0.326 e. The molecule has 0 bridgehead atoms. The molecule has 5 heteroatoms. The third-order valence-electron chi connectivity index (χ3n) is 3.99. The second-order valence-electron chi connectivity index (χ2n) is 5.74. The van der Waals surface area contributed by atoms with Crippen molar-refractivity contribution in [3.05, 3.63) is 0 Å². The zero-order valence-electron chi connectivity index (χ0n) is 12.2. The normalized spacial score (nSPS) is 23.6. The molecule has 1 amide bonds. The molecular formula is C14H26N2O3. The molecule has 1 fully saturated rings. The molecule has 0 aromatic carbocycles. The van der Waals surface area contributed by atoms with Gasteiger partial charge in [0.2, 0.25) is 5.91 Å². The van der Waals surface area contributed by atoms with Gasteiger partial charge in [0.05, 0.1) is 0 Å². The van der Waals surface area contributed by atoms with Gasteiger partial charge in [-0.3, -0.25) is 4.79 Å². The number of carbonyl (C=O) groups excluding carboxylic acids is 1. The number of carbonyl (C=O) groups is 2. The Hall–Kier alpha value is -1.10. The Bertz CT molecular complexity index is 320. The van der Waals surface area contributed by atoms with Crippen molar-refractivity contribution in [1.29, 1.82) is 0 Å². The summed E-state index contributed by atoms with van der Waals surface area (Å²) in [5, 5.41) is 11.8. The lowest BCUT2D eigenvalue weighted by atomic mass is 9.94. The van der Waals surface area contributed by atoms with Crippen molar-refractivity contribution >= 4 is 11.9 Å². The summed E-state index contributed by atoms with van der Waals surface area (Å²) in [4.78, 5) is 25.3. The highest BCUT2D eigenvalue weighted by Gasteiger charge is 2.27. The molecule has 0 spiro atoms. The van der Waals surface area contributed by atoms with Crippen LogP contribution in [0.3, 0.4) is 0 Å². The summed E-state index contributed by atoms with van der Waals surface area (Å²) in [5.41, 5.74) is 0. The van der Waals surface area contributed by atoms with Gasteiger partial charge < -0.3 is 15.3 Å². The molecule has 2 N–H and O–H groups in total. The van der Waals surface area contributed by atoms with E-state index in [1.54, 1.807) is 0 Å². The topological polar surface area (TPSA) is 69.6 Å². The number of nitrogens with zero attached hydrogens (tertiary/aromatic N) is 1. The Balaban J connectivity index is 2.46. The third-order valence-corrected chi connectivity index (χ3v) is 3.99. The number of carboxylic acid groups (broad SMARTS) is 1. The molecule has 1 heterocycles. The predicted molar refractivity (Wildman–Crippen MR) is 73.9 cm³/mol. The molecule has 0 aliphatic carbocycles. The summed E-state index contributed by atoms with van der Waals surface area (Å²) in [5.74, 6) is -0.767. The van der Waals surface area contributed by atoms with E-state index >= 15 is 0 Å². The van der Waals surface area contributed by atoms with E-state index in [2.05, 4.69) is 17.3 Å². The molecule has 3 atom stereocenters. The summed E-state index contributed by atoms with van der Waals surface area (Å²) in [6.07, 6.45) is 3.34. The smallest absolute Gasteiger partial charge is 0.326 e. The van der Waals surface area contributed by atoms with Crippen LogP contribution in [-0.4, -0.2) is 48.1 Å². The molecule has 19 heavy (non-hydrogen) atoms. The van der Waals surface area contributed by atoms with E-state index in [0.717, 1.165) is 32.4 Å². The first-order chi connectivity index (χ1) is 8.93. The van der Waals surface area contributed by atoms with Gasteiger partial charge in [0.1, 0.15) is 6.04 Å². The zero-order valence-corrected chi connectivity index (χ0v) is 12.2. The Kier molecular flexibility index (Phi) is 6.28. The van der Waals surface area contributed by atoms with E-state index in [-0.39, 0.29) is 11.8 Å². The van der Waals surface area contributed by atoms with Gasteiger partial charge in [0.25, 0.3) is 0 Å². The molecule has 1 aliphatic rings. The number of amides is 1. The second kappa shape index (κ2) is 7.48. The molecule has 0 aromatic heterocycles. The molecule has 110 valence electrons. The molecular weight excluding hydrogens is 244 g/mol. The van der Waals surface area contributed by atoms with Crippen LogP contribution in [0.5, 0.6) is 0 Å². The molecule has 1 aliphatic heterocycles. The average molecular weight is 270 g/mol. The maximum absolute atomic E-state index is 12.0. The van der Waals surface area contributed by atoms with Crippen molar-refractivity contribution in [1.82, 2.24) is 10.2 Å². The standard InChI is InChI=1S/C14H26N2O3/c1-4-10(2)13(14(18)19)15-12(17)8-11-6-5-7-16(3)9-11/h10-11,13H,4-9H2,1-3H3,(H,15,17)(H,18,19)/t10-,11?,13-/m0/s1. The van der Waals surface area contributed by atoms with Crippen LogP contribution in [0.1, 0.15) is 39.5 Å². The minimum Gasteiger partial charge on any atom is -0.480 e. The molecule has 0 saturated carbocycles. The van der Waals surface area contributed by atoms with Crippen LogP contribution in [0.25, 0.3) is 0 Å². The van der Waals surface area contributed by atoms with Crippen LogP contribution >= 0.6 is 0 Å². The van der Waals surface area contributed by atoms with Gasteiger partial charge in [-0.25, -0.2) is 4.79 Å². The fourth-order valence-electron chi connectivity index (χ4n) is 2.62. The number of nitrogens with one attached hydrogen (secondary N) is 1. The number of aliphatic carboxylic acids is 1. The van der Waals surface area contributed by atoms with E-state index in [9.17, 15) is 9.59 Å². The van der Waals surface area contributed by atoms with E-state index < -0.39 is 12.0 Å². The van der Waals surface area contributed by atoms with Crippen LogP contribution in [-0.2, 0) is 9.59 Å². The van der Waals surface area contributed by atoms with Crippen LogP contribution in [0.15, 0.2) is 0 Å². The first kappa shape index (κ1) is 16.0. The highest BCUT2D eigenvalue weighted by atomic mass is 16.4. The lowest BCUT2D eigenvalue weighted by Crippen LogP contribution is -2.46. The van der Waals surface area contributed by atoms with Crippen molar-refractivity contribution in [3.63, 3.8) is 0 Å². The van der Waals surface area contributed by atoms with Crippen molar-refractivity contribution in [3.8, 4) is 0 Å². The fourth-order valence-corrected chi connectivity index (χ4v) is 2.62. The van der Waals surface area contributed by atoms with E-state index in [0.29, 0.717) is 12.3 Å². The molecule has 1 rings (SSSR count). The number of hydrogen-bond acceptors (Lipinski definition) is 3. The van der Waals surface area contributed by atoms with E-state index in [1.807, 2.05) is 13.8 Å². The average Bonchev–Trinajstić information content (AvgIpc) is 2.34. The van der Waals surface area contributed by atoms with E-state index in [4.69, 9.17) is 5.11 Å². The fraction of sp³-hybridized carbons (Fsp3) is 0.857. The van der Waals surface area contributed by atoms with Gasteiger partial charge in [0.15, 0.2) is 0 Å². The summed E-state index contributed by atoms with van der Waals surface area (Å²) in [6, 6.07) is -0.765. The lowest BCUT2D eigenvalue weighted by molar-refractivity contribution is -0.143. The minimum atomic E-state index is -0.941. The van der Waals surface area contributed by atoms with Crippen LogP contribution in [0.2, 0.25) is 0 Å². The number of carboxylic acids is 1. The molecule has 5 nitrogen and oxygen atoms in total. The molecule has 1 saturated heterocycles. The largest absolute Gasteiger partial charge is 0.480 e. The predicted octanol–water partition coefficient (Wildman–Crippen LogP) is 1.33. The first-order valence-electron chi connectivity index (χ1n) is 7.14. The number of piperidine rings is 1. The summed E-state index contributed by atoms with van der Waals surface area (Å²) >= 11 is 0. The molecule has 0 aromatic rings. The Morgan fingerprint density at radius 2 is 2.16 bits per heavy atom. The number of likely N-dealkylation sites (tertiary alicyclic amines) is 1. The van der Waals surface area contributed by atoms with Gasteiger partial charge in [0, 0.05) is 13.0 Å². The second-order valence-corrected chi connectivity index (χ2v) is 5.74. The van der Waals surface area contributed by atoms with Crippen molar-refractivity contribution in [2.75, 3.05) is 20.1 Å². The lowest BCUT2D eigenvalue weighted by Gasteiger charge is -2.29. The van der Waals surface area contributed by atoms with Gasteiger partial charge in [-0.1, -0.05) is 20.3 Å². The molecule has 1 unspecified atom stereocenters. The van der Waals surface area contributed by atoms with Crippen LogP contribution in [0.4, 0.5) is 0 Å². The third kappa shape index (κ3) is 5.19. The summed E-state index contributed by atoms with van der Waals surface area (Å²) in [6.45, 7) is 5.80. The zero-order chi connectivity index (χ0) is 14.4. The molecule has 0 radical (unpaired) electrons. The highest BCUT2D eigenvalue weighted by Crippen LogP contribution is 2.18. The number of rotatable bonds is 6. The Morgan fingerprint density at radius 3 is 2.68 bits per heavy atom. The quantitative estimate of drug-likeness (QED) is 0.764. The summed E-state index contributed by atoms with van der Waals surface area (Å²) in [7, 11) is 2.06. The first-order valence-corrected chi connectivity index (χ1v) is 7.14. The van der Waals surface area contributed by atoms with Crippen molar-refractivity contribution in [2.24, 2.45) is 11.8 Å². The van der Waals surface area contributed by atoms with Crippen molar-refractivity contribution < 1.29 is 14.7 Å². The Labute approximate surface area is 115 Å². The minimum absolute atomic E-state index is 0.0459. The van der Waals surface area contributed by atoms with Gasteiger partial charge in [-0.2, -0.15) is 0 Å². The van der Waals surface area contributed by atoms with Crippen LogP contribution in [0, 0.1) is 11.8 Å². The number of hydrogen-bond donors (Lipinski definition) is 2. The van der Waals surface area contributed by atoms with Gasteiger partial charge >= 0.3 is 5.97 Å². The summed E-state index contributed by atoms with van der Waals surface area (Å²) < 4.78 is 0. The van der Waals surface area contributed by atoms with Gasteiger partial charge in [-0.15, -0.1) is 0 Å². The maximum atomic E-state index is 12.0. The Morgan fingerprint density at radius 1 is 1.47 bits per heavy atom. The van der Waals surface area contributed by atoms with Crippen LogP contribution < -0.4 is 5.32 Å². The van der Waals surface area contributed by atoms with E-state index in [1.165, 1.54) is 0 Å². The van der Waals surface area contributed by atoms with Gasteiger partial charge in [-0.05, 0) is 38.3 Å². The highest BCUT2D eigenvalue weighted by molar-refractivity contribution is 5.83. The SMILES string of the molecule is CC[C@H](C)[C@H](NC(=O)CC1CCCN(C)C1)C(=O)O.